The average molecular weight is 189 g/mol. The molecule has 0 aromatic carbocycles. The smallest absolute Gasteiger partial charge is 0.415 e. The molecule has 0 aromatic heterocycles. The Kier molecular flexibility index (Phi) is 5.92. The lowest BCUT2D eigenvalue weighted by atomic mass is 10.5. The van der Waals surface area contributed by atoms with Crippen molar-refractivity contribution in [3.8, 4) is 0 Å². The summed E-state index contributed by atoms with van der Waals surface area (Å²) in [6, 6.07) is 0. The number of hydrogen-bond donors (Lipinski definition) is 2. The predicted octanol–water partition coefficient (Wildman–Crippen LogP) is -0.0568. The number of amides is 1. The van der Waals surface area contributed by atoms with E-state index in [4.69, 9.17) is 10.2 Å². The second-order valence-electron chi connectivity index (χ2n) is 2.50. The molecule has 5 heteroatoms. The second-order valence-corrected chi connectivity index (χ2v) is 2.50. The molecular weight excluding hydrogens is 174 g/mol. The van der Waals surface area contributed by atoms with Gasteiger partial charge in [-0.25, -0.2) is 4.79 Å². The fourth-order valence-electron chi connectivity index (χ4n) is 0.749. The van der Waals surface area contributed by atoms with Crippen molar-refractivity contribution in [2.45, 2.75) is 6.92 Å². The molecule has 0 saturated carbocycles. The zero-order chi connectivity index (χ0) is 10.3. The van der Waals surface area contributed by atoms with Gasteiger partial charge < -0.3 is 19.8 Å². The molecule has 0 rings (SSSR count). The maximum atomic E-state index is 11.2. The maximum Gasteiger partial charge on any atom is 0.415 e. The minimum absolute atomic E-state index is 0.146. The van der Waals surface area contributed by atoms with E-state index in [0.29, 0.717) is 0 Å². The van der Waals surface area contributed by atoms with Crippen LogP contribution in [-0.2, 0) is 4.74 Å². The van der Waals surface area contributed by atoms with Gasteiger partial charge in [0, 0.05) is 13.1 Å². The lowest BCUT2D eigenvalue weighted by Crippen LogP contribution is -2.35. The van der Waals surface area contributed by atoms with Crippen LogP contribution < -0.4 is 0 Å². The van der Waals surface area contributed by atoms with Crippen LogP contribution in [0.5, 0.6) is 0 Å². The molecule has 0 radical (unpaired) electrons. The molecule has 1 amide bonds. The number of ether oxygens (including phenoxy) is 1. The number of rotatable bonds is 5. The van der Waals surface area contributed by atoms with E-state index in [2.05, 4.69) is 11.3 Å². The highest BCUT2D eigenvalue weighted by Crippen LogP contribution is 1.98. The van der Waals surface area contributed by atoms with Crippen LogP contribution in [0.25, 0.3) is 0 Å². The molecular formula is C8H15NO4. The standard InChI is InChI=1S/C8H15NO4/c1-7(2)13-8(12)9(3-5-10)4-6-11/h10-11H,1,3-6H2,2H3. The highest BCUT2D eigenvalue weighted by Gasteiger charge is 2.13. The summed E-state index contributed by atoms with van der Waals surface area (Å²) in [5.74, 6) is 0.283. The summed E-state index contributed by atoms with van der Waals surface area (Å²) in [6.07, 6.45) is -0.601. The number of aliphatic hydroxyl groups excluding tert-OH is 2. The first kappa shape index (κ1) is 11.9. The molecule has 5 nitrogen and oxygen atoms in total. The number of carbonyl (C=O) groups is 1. The minimum atomic E-state index is -0.601. The van der Waals surface area contributed by atoms with Crippen LogP contribution in [0.2, 0.25) is 0 Å². The van der Waals surface area contributed by atoms with Gasteiger partial charge >= 0.3 is 6.09 Å². The number of allylic oxidation sites excluding steroid dienone is 1. The van der Waals surface area contributed by atoms with Crippen molar-refractivity contribution in [3.63, 3.8) is 0 Å². The second kappa shape index (κ2) is 6.45. The predicted molar refractivity (Wildman–Crippen MR) is 47.0 cm³/mol. The van der Waals surface area contributed by atoms with Gasteiger partial charge in [-0.15, -0.1) is 0 Å². The van der Waals surface area contributed by atoms with E-state index in [1.165, 1.54) is 4.90 Å². The number of aliphatic hydroxyl groups is 2. The lowest BCUT2D eigenvalue weighted by Gasteiger charge is -2.19. The van der Waals surface area contributed by atoms with Crippen molar-refractivity contribution < 1.29 is 19.7 Å². The molecule has 0 atom stereocenters. The van der Waals surface area contributed by atoms with Gasteiger partial charge in [0.05, 0.1) is 19.0 Å². The first-order valence-electron chi connectivity index (χ1n) is 3.95. The molecule has 0 aliphatic heterocycles. The molecule has 0 aromatic rings. The van der Waals surface area contributed by atoms with Crippen molar-refractivity contribution >= 4 is 6.09 Å². The molecule has 76 valence electrons. The van der Waals surface area contributed by atoms with Crippen molar-refractivity contribution in [1.82, 2.24) is 4.90 Å². The van der Waals surface area contributed by atoms with Crippen molar-refractivity contribution in [1.29, 1.82) is 0 Å². The Hall–Kier alpha value is -1.07. The number of nitrogens with zero attached hydrogens (tertiary/aromatic N) is 1. The SMILES string of the molecule is C=C(C)OC(=O)N(CCO)CCO. The largest absolute Gasteiger partial charge is 0.416 e. The van der Waals surface area contributed by atoms with E-state index in [1.807, 2.05) is 0 Å². The van der Waals surface area contributed by atoms with Crippen LogP contribution in [0.1, 0.15) is 6.92 Å². The van der Waals surface area contributed by atoms with Gasteiger partial charge in [-0.3, -0.25) is 0 Å². The van der Waals surface area contributed by atoms with Gasteiger partial charge in [0.15, 0.2) is 0 Å². The molecule has 0 bridgehead atoms. The van der Waals surface area contributed by atoms with E-state index < -0.39 is 6.09 Å². The number of hydrogen-bond acceptors (Lipinski definition) is 4. The summed E-state index contributed by atoms with van der Waals surface area (Å²) in [5, 5.41) is 17.2. The first-order valence-corrected chi connectivity index (χ1v) is 3.95. The van der Waals surface area contributed by atoms with Crippen LogP contribution in [0, 0.1) is 0 Å². The molecule has 2 N–H and O–H groups in total. The van der Waals surface area contributed by atoms with Crippen LogP contribution in [0.15, 0.2) is 12.3 Å². The summed E-state index contributed by atoms with van der Waals surface area (Å²) in [6.45, 7) is 4.92. The average Bonchev–Trinajstić information content (AvgIpc) is 2.02. The third-order valence-corrected chi connectivity index (χ3v) is 1.26. The Bertz CT molecular complexity index is 175. The van der Waals surface area contributed by atoms with Gasteiger partial charge in [0.2, 0.25) is 0 Å². The Morgan fingerprint density at radius 1 is 1.38 bits per heavy atom. The molecule has 0 unspecified atom stereocenters. The van der Waals surface area contributed by atoms with Crippen LogP contribution in [0.3, 0.4) is 0 Å². The molecule has 0 spiro atoms. The van der Waals surface area contributed by atoms with Crippen LogP contribution >= 0.6 is 0 Å². The molecule has 0 aliphatic rings. The van der Waals surface area contributed by atoms with E-state index in [-0.39, 0.29) is 32.1 Å². The normalized spacial score (nSPS) is 9.46. The summed E-state index contributed by atoms with van der Waals surface area (Å²) in [4.78, 5) is 12.4. The van der Waals surface area contributed by atoms with Crippen molar-refractivity contribution in [3.05, 3.63) is 12.3 Å². The van der Waals surface area contributed by atoms with Gasteiger partial charge in [-0.05, 0) is 6.92 Å². The van der Waals surface area contributed by atoms with Crippen molar-refractivity contribution in [2.24, 2.45) is 0 Å². The molecule has 0 aliphatic carbocycles. The minimum Gasteiger partial charge on any atom is -0.416 e. The molecule has 0 heterocycles. The quantitative estimate of drug-likeness (QED) is 0.594. The third kappa shape index (κ3) is 5.21. The van der Waals surface area contributed by atoms with Gasteiger partial charge in [-0.1, -0.05) is 6.58 Å². The monoisotopic (exact) mass is 189 g/mol. The zero-order valence-electron chi connectivity index (χ0n) is 7.69. The zero-order valence-corrected chi connectivity index (χ0v) is 7.69. The Balaban J connectivity index is 4.02. The van der Waals surface area contributed by atoms with Gasteiger partial charge in [0.1, 0.15) is 0 Å². The fourth-order valence-corrected chi connectivity index (χ4v) is 0.749. The first-order chi connectivity index (χ1) is 6.11. The van der Waals surface area contributed by atoms with Crippen LogP contribution in [-0.4, -0.2) is 47.5 Å². The number of carbonyl (C=O) groups excluding carboxylic acids is 1. The van der Waals surface area contributed by atoms with E-state index in [0.717, 1.165) is 0 Å². The third-order valence-electron chi connectivity index (χ3n) is 1.26. The summed E-state index contributed by atoms with van der Waals surface area (Å²) < 4.78 is 4.69. The highest BCUT2D eigenvalue weighted by molar-refractivity contribution is 5.68. The molecule has 13 heavy (non-hydrogen) atoms. The Labute approximate surface area is 77.2 Å². The lowest BCUT2D eigenvalue weighted by molar-refractivity contribution is 0.107. The summed E-state index contributed by atoms with van der Waals surface area (Å²) >= 11 is 0. The van der Waals surface area contributed by atoms with Gasteiger partial charge in [-0.2, -0.15) is 0 Å². The van der Waals surface area contributed by atoms with Gasteiger partial charge in [0.25, 0.3) is 0 Å². The molecule has 0 saturated heterocycles. The fraction of sp³-hybridized carbons (Fsp3) is 0.625. The summed E-state index contributed by atoms with van der Waals surface area (Å²) in [5.41, 5.74) is 0. The highest BCUT2D eigenvalue weighted by atomic mass is 16.6. The van der Waals surface area contributed by atoms with Crippen LogP contribution in [0.4, 0.5) is 4.79 Å². The van der Waals surface area contributed by atoms with Crippen molar-refractivity contribution in [2.75, 3.05) is 26.3 Å². The topological polar surface area (TPSA) is 70.0 Å². The van der Waals surface area contributed by atoms with E-state index >= 15 is 0 Å². The van der Waals surface area contributed by atoms with E-state index in [1.54, 1.807) is 6.92 Å². The van der Waals surface area contributed by atoms with E-state index in [9.17, 15) is 4.79 Å². The maximum absolute atomic E-state index is 11.2. The Morgan fingerprint density at radius 2 is 1.85 bits per heavy atom. The molecule has 0 fully saturated rings. The Morgan fingerprint density at radius 3 is 2.15 bits per heavy atom. The summed E-state index contributed by atoms with van der Waals surface area (Å²) in [7, 11) is 0.